The first kappa shape index (κ1) is 10.2. The molecular weight excluding hydrogens is 214 g/mol. The molecule has 0 bridgehead atoms. The highest BCUT2D eigenvalue weighted by Crippen LogP contribution is 2.28. The van der Waals surface area contributed by atoms with Gasteiger partial charge < -0.3 is 10.5 Å². The second-order valence-electron chi connectivity index (χ2n) is 4.07. The van der Waals surface area contributed by atoms with E-state index in [-0.39, 0.29) is 6.04 Å². The van der Waals surface area contributed by atoms with Crippen molar-refractivity contribution >= 4 is 0 Å². The number of ether oxygens (including phenoxy) is 1. The van der Waals surface area contributed by atoms with Gasteiger partial charge in [-0.3, -0.25) is 9.97 Å². The number of nitrogens with two attached hydrogens (primary N) is 1. The maximum atomic E-state index is 6.17. The van der Waals surface area contributed by atoms with Crippen molar-refractivity contribution in [2.75, 3.05) is 6.61 Å². The van der Waals surface area contributed by atoms with E-state index in [9.17, 15) is 0 Å². The van der Waals surface area contributed by atoms with Crippen molar-refractivity contribution in [2.45, 2.75) is 12.5 Å². The molecule has 1 aromatic heterocycles. The minimum Gasteiger partial charge on any atom is -0.493 e. The molecule has 2 heterocycles. The summed E-state index contributed by atoms with van der Waals surface area (Å²) in [5, 5.41) is 0. The summed E-state index contributed by atoms with van der Waals surface area (Å²) in [6, 6.07) is 5.84. The fourth-order valence-corrected chi connectivity index (χ4v) is 2.04. The molecule has 1 unspecified atom stereocenters. The molecule has 0 aliphatic carbocycles. The molecule has 0 radical (unpaired) electrons. The van der Waals surface area contributed by atoms with Crippen LogP contribution in [0.3, 0.4) is 0 Å². The highest BCUT2D eigenvalue weighted by Gasteiger charge is 2.16. The Balaban J connectivity index is 1.94. The third-order valence-electron chi connectivity index (χ3n) is 2.97. The predicted octanol–water partition coefficient (Wildman–Crippen LogP) is 1.46. The Hall–Kier alpha value is -1.94. The van der Waals surface area contributed by atoms with E-state index in [1.807, 2.05) is 12.1 Å². The molecule has 0 saturated heterocycles. The van der Waals surface area contributed by atoms with Gasteiger partial charge in [-0.25, -0.2) is 0 Å². The van der Waals surface area contributed by atoms with Crippen molar-refractivity contribution in [3.63, 3.8) is 0 Å². The normalized spacial score (nSPS) is 15.1. The summed E-state index contributed by atoms with van der Waals surface area (Å²) in [6.45, 7) is 0.763. The number of hydrogen-bond donors (Lipinski definition) is 1. The Kier molecular flexibility index (Phi) is 2.49. The van der Waals surface area contributed by atoms with Gasteiger partial charge in [-0.2, -0.15) is 0 Å². The zero-order valence-electron chi connectivity index (χ0n) is 9.34. The molecule has 4 nitrogen and oxygen atoms in total. The van der Waals surface area contributed by atoms with Crippen LogP contribution in [0.15, 0.2) is 36.8 Å². The molecular formula is C13H13N3O. The van der Waals surface area contributed by atoms with Crippen LogP contribution in [0.1, 0.15) is 22.9 Å². The monoisotopic (exact) mass is 227 g/mol. The standard InChI is InChI=1S/C13H13N3O/c14-13(11-8-15-4-5-16-11)10-1-2-12-9(7-10)3-6-17-12/h1-2,4-5,7-8,13H,3,6,14H2. The van der Waals surface area contributed by atoms with E-state index in [1.54, 1.807) is 18.6 Å². The lowest BCUT2D eigenvalue weighted by molar-refractivity contribution is 0.357. The second-order valence-corrected chi connectivity index (χ2v) is 4.07. The first-order chi connectivity index (χ1) is 8.34. The van der Waals surface area contributed by atoms with E-state index in [2.05, 4.69) is 16.0 Å². The van der Waals surface area contributed by atoms with Crippen LogP contribution in [0.25, 0.3) is 0 Å². The van der Waals surface area contributed by atoms with E-state index < -0.39 is 0 Å². The highest BCUT2D eigenvalue weighted by molar-refractivity contribution is 5.42. The Labute approximate surface area is 99.5 Å². The van der Waals surface area contributed by atoms with Gasteiger partial charge in [-0.15, -0.1) is 0 Å². The van der Waals surface area contributed by atoms with E-state index in [0.29, 0.717) is 0 Å². The number of hydrogen-bond acceptors (Lipinski definition) is 4. The lowest BCUT2D eigenvalue weighted by atomic mass is 10.0. The number of rotatable bonds is 2. The molecule has 0 saturated carbocycles. The smallest absolute Gasteiger partial charge is 0.122 e. The van der Waals surface area contributed by atoms with Crippen molar-refractivity contribution in [3.05, 3.63) is 53.6 Å². The lowest BCUT2D eigenvalue weighted by Crippen LogP contribution is -2.13. The van der Waals surface area contributed by atoms with Crippen molar-refractivity contribution in [2.24, 2.45) is 5.73 Å². The zero-order valence-corrected chi connectivity index (χ0v) is 9.34. The summed E-state index contributed by atoms with van der Waals surface area (Å²) in [6.07, 6.45) is 5.96. The van der Waals surface area contributed by atoms with E-state index in [0.717, 1.165) is 30.0 Å². The van der Waals surface area contributed by atoms with Crippen LogP contribution in [0.4, 0.5) is 0 Å². The predicted molar refractivity (Wildman–Crippen MR) is 63.7 cm³/mol. The molecule has 3 rings (SSSR count). The topological polar surface area (TPSA) is 61.0 Å². The van der Waals surface area contributed by atoms with Crippen LogP contribution in [0.5, 0.6) is 5.75 Å². The third-order valence-corrected chi connectivity index (χ3v) is 2.97. The Morgan fingerprint density at radius 3 is 3.06 bits per heavy atom. The molecule has 0 fully saturated rings. The zero-order chi connectivity index (χ0) is 11.7. The molecule has 4 heteroatoms. The SMILES string of the molecule is NC(c1ccc2c(c1)CCO2)c1cnccn1. The van der Waals surface area contributed by atoms with E-state index >= 15 is 0 Å². The number of nitrogens with zero attached hydrogens (tertiary/aromatic N) is 2. The van der Waals surface area contributed by atoms with Gasteiger partial charge in [0.25, 0.3) is 0 Å². The molecule has 0 spiro atoms. The summed E-state index contributed by atoms with van der Waals surface area (Å²) in [4.78, 5) is 8.27. The van der Waals surface area contributed by atoms with E-state index in [4.69, 9.17) is 10.5 Å². The van der Waals surface area contributed by atoms with E-state index in [1.165, 1.54) is 5.56 Å². The maximum absolute atomic E-state index is 6.17. The van der Waals surface area contributed by atoms with Gasteiger partial charge in [0.1, 0.15) is 5.75 Å². The highest BCUT2D eigenvalue weighted by atomic mass is 16.5. The van der Waals surface area contributed by atoms with Crippen molar-refractivity contribution in [3.8, 4) is 5.75 Å². The molecule has 1 atom stereocenters. The Morgan fingerprint density at radius 2 is 2.24 bits per heavy atom. The van der Waals surface area contributed by atoms with Gasteiger partial charge in [-0.1, -0.05) is 12.1 Å². The first-order valence-electron chi connectivity index (χ1n) is 5.62. The third kappa shape index (κ3) is 1.87. The van der Waals surface area contributed by atoms with Crippen LogP contribution in [0, 0.1) is 0 Å². The number of fused-ring (bicyclic) bond motifs is 1. The van der Waals surface area contributed by atoms with Crippen molar-refractivity contribution < 1.29 is 4.74 Å². The quantitative estimate of drug-likeness (QED) is 0.843. The lowest BCUT2D eigenvalue weighted by Gasteiger charge is -2.11. The first-order valence-corrected chi connectivity index (χ1v) is 5.62. The maximum Gasteiger partial charge on any atom is 0.122 e. The summed E-state index contributed by atoms with van der Waals surface area (Å²) >= 11 is 0. The fraction of sp³-hybridized carbons (Fsp3) is 0.231. The molecule has 17 heavy (non-hydrogen) atoms. The molecule has 1 aromatic carbocycles. The van der Waals surface area contributed by atoms with Gasteiger partial charge in [0, 0.05) is 18.8 Å². The second kappa shape index (κ2) is 4.14. The van der Waals surface area contributed by atoms with Crippen molar-refractivity contribution in [1.82, 2.24) is 9.97 Å². The number of aromatic nitrogens is 2. The minimum absolute atomic E-state index is 0.227. The Morgan fingerprint density at radius 1 is 1.29 bits per heavy atom. The summed E-state index contributed by atoms with van der Waals surface area (Å²) in [7, 11) is 0. The molecule has 2 N–H and O–H groups in total. The molecule has 1 aliphatic rings. The summed E-state index contributed by atoms with van der Waals surface area (Å²) < 4.78 is 5.47. The summed E-state index contributed by atoms with van der Waals surface area (Å²) in [5.74, 6) is 0.972. The van der Waals surface area contributed by atoms with Crippen LogP contribution in [-0.2, 0) is 6.42 Å². The van der Waals surface area contributed by atoms with Gasteiger partial charge in [0.15, 0.2) is 0 Å². The van der Waals surface area contributed by atoms with Gasteiger partial charge in [0.2, 0.25) is 0 Å². The van der Waals surface area contributed by atoms with Crippen LogP contribution < -0.4 is 10.5 Å². The average Bonchev–Trinajstić information content (AvgIpc) is 2.86. The largest absolute Gasteiger partial charge is 0.493 e. The minimum atomic E-state index is -0.227. The number of benzene rings is 1. The molecule has 2 aromatic rings. The molecule has 1 aliphatic heterocycles. The molecule has 86 valence electrons. The van der Waals surface area contributed by atoms with Crippen LogP contribution in [-0.4, -0.2) is 16.6 Å². The summed E-state index contributed by atoms with van der Waals surface area (Å²) in [5.41, 5.74) is 9.23. The van der Waals surface area contributed by atoms with Crippen LogP contribution in [0.2, 0.25) is 0 Å². The van der Waals surface area contributed by atoms with Gasteiger partial charge in [0.05, 0.1) is 24.5 Å². The van der Waals surface area contributed by atoms with Crippen molar-refractivity contribution in [1.29, 1.82) is 0 Å². The fourth-order valence-electron chi connectivity index (χ4n) is 2.04. The van der Waals surface area contributed by atoms with Crippen LogP contribution >= 0.6 is 0 Å². The Bertz CT molecular complexity index is 527. The average molecular weight is 227 g/mol. The molecule has 0 amide bonds. The van der Waals surface area contributed by atoms with Gasteiger partial charge in [-0.05, 0) is 17.2 Å². The van der Waals surface area contributed by atoms with Gasteiger partial charge >= 0.3 is 0 Å².